The van der Waals surface area contributed by atoms with Crippen molar-refractivity contribution in [3.8, 4) is 21.8 Å². The lowest BCUT2D eigenvalue weighted by molar-refractivity contribution is 1.31. The quantitative estimate of drug-likeness (QED) is 0.770. The van der Waals surface area contributed by atoms with Crippen LogP contribution in [0.2, 0.25) is 0 Å². The van der Waals surface area contributed by atoms with Crippen molar-refractivity contribution in [3.63, 3.8) is 0 Å². The zero-order valence-electron chi connectivity index (χ0n) is 11.4. The second-order valence-electron chi connectivity index (χ2n) is 4.73. The number of hydrogen-bond acceptors (Lipinski definition) is 4. The van der Waals surface area contributed by atoms with E-state index in [1.165, 1.54) is 10.4 Å². The maximum atomic E-state index is 5.93. The van der Waals surface area contributed by atoms with Crippen LogP contribution in [-0.2, 0) is 0 Å². The number of nitrogens with two attached hydrogens (primary N) is 1. The van der Waals surface area contributed by atoms with E-state index in [9.17, 15) is 0 Å². The van der Waals surface area contributed by atoms with E-state index in [1.807, 2.05) is 12.1 Å². The van der Waals surface area contributed by atoms with E-state index in [4.69, 9.17) is 10.7 Å². The third-order valence-electron chi connectivity index (χ3n) is 3.19. The predicted molar refractivity (Wildman–Crippen MR) is 84.7 cm³/mol. The molecular formula is C16H15N3S. The summed E-state index contributed by atoms with van der Waals surface area (Å²) in [6.07, 6.45) is 1.69. The highest BCUT2D eigenvalue weighted by Crippen LogP contribution is 2.34. The van der Waals surface area contributed by atoms with E-state index >= 15 is 0 Å². The van der Waals surface area contributed by atoms with E-state index in [1.54, 1.807) is 17.5 Å². The molecule has 0 saturated heterocycles. The Morgan fingerprint density at radius 3 is 2.50 bits per heavy atom. The maximum Gasteiger partial charge on any atom is 0.133 e. The number of nitrogen functional groups attached to an aromatic ring is 1. The normalized spacial score (nSPS) is 10.7. The van der Waals surface area contributed by atoms with Gasteiger partial charge in [-0.2, -0.15) is 0 Å². The van der Waals surface area contributed by atoms with Crippen molar-refractivity contribution in [3.05, 3.63) is 53.0 Å². The Morgan fingerprint density at radius 1 is 1.05 bits per heavy atom. The van der Waals surface area contributed by atoms with Crippen molar-refractivity contribution in [2.75, 3.05) is 5.73 Å². The molecule has 0 fully saturated rings. The molecule has 3 rings (SSSR count). The van der Waals surface area contributed by atoms with Gasteiger partial charge in [0, 0.05) is 16.6 Å². The first kappa shape index (κ1) is 12.8. The number of benzene rings is 1. The number of rotatable bonds is 2. The zero-order chi connectivity index (χ0) is 14.1. The largest absolute Gasteiger partial charge is 0.383 e. The summed E-state index contributed by atoms with van der Waals surface area (Å²) in [7, 11) is 0. The van der Waals surface area contributed by atoms with Crippen molar-refractivity contribution in [1.82, 2.24) is 9.97 Å². The number of pyridine rings is 1. The molecule has 3 nitrogen and oxygen atoms in total. The third-order valence-corrected chi connectivity index (χ3v) is 4.19. The summed E-state index contributed by atoms with van der Waals surface area (Å²) < 4.78 is 0. The van der Waals surface area contributed by atoms with Crippen molar-refractivity contribution >= 4 is 17.2 Å². The Balaban J connectivity index is 2.08. The molecule has 100 valence electrons. The molecule has 0 unspecified atom stereocenters. The monoisotopic (exact) mass is 281 g/mol. The van der Waals surface area contributed by atoms with Gasteiger partial charge in [0.1, 0.15) is 10.8 Å². The molecule has 2 N–H and O–H groups in total. The van der Waals surface area contributed by atoms with Gasteiger partial charge in [-0.3, -0.25) is 0 Å². The van der Waals surface area contributed by atoms with Gasteiger partial charge >= 0.3 is 0 Å². The molecule has 0 radical (unpaired) electrons. The first-order valence-electron chi connectivity index (χ1n) is 6.40. The second-order valence-corrected chi connectivity index (χ2v) is 5.93. The van der Waals surface area contributed by atoms with Crippen LogP contribution in [0.25, 0.3) is 21.8 Å². The Bertz CT molecular complexity index is 745. The van der Waals surface area contributed by atoms with Crippen LogP contribution < -0.4 is 5.73 Å². The number of anilines is 1. The Kier molecular flexibility index (Phi) is 3.24. The first-order chi connectivity index (χ1) is 9.65. The topological polar surface area (TPSA) is 51.8 Å². The summed E-state index contributed by atoms with van der Waals surface area (Å²) in [4.78, 5) is 10.0. The SMILES string of the molecule is Cc1ccc(-c2nc(-c3cccnc3N)sc2C)cc1. The van der Waals surface area contributed by atoms with Gasteiger partial charge in [0.2, 0.25) is 0 Å². The summed E-state index contributed by atoms with van der Waals surface area (Å²) >= 11 is 1.65. The predicted octanol–water partition coefficient (Wildman–Crippen LogP) is 4.07. The molecule has 0 aliphatic carbocycles. The summed E-state index contributed by atoms with van der Waals surface area (Å²) in [5.41, 5.74) is 10.2. The van der Waals surface area contributed by atoms with E-state index in [2.05, 4.69) is 43.1 Å². The minimum atomic E-state index is 0.525. The van der Waals surface area contributed by atoms with E-state index in [-0.39, 0.29) is 0 Å². The fraction of sp³-hybridized carbons (Fsp3) is 0.125. The van der Waals surface area contributed by atoms with Gasteiger partial charge < -0.3 is 5.73 Å². The Hall–Kier alpha value is -2.20. The highest BCUT2D eigenvalue weighted by atomic mass is 32.1. The molecule has 1 aromatic carbocycles. The minimum Gasteiger partial charge on any atom is -0.383 e. The minimum absolute atomic E-state index is 0.525. The number of aryl methyl sites for hydroxylation is 2. The van der Waals surface area contributed by atoms with E-state index in [0.717, 1.165) is 21.8 Å². The maximum absolute atomic E-state index is 5.93. The van der Waals surface area contributed by atoms with Crippen LogP contribution in [-0.4, -0.2) is 9.97 Å². The molecular weight excluding hydrogens is 266 g/mol. The van der Waals surface area contributed by atoms with Crippen LogP contribution in [0.5, 0.6) is 0 Å². The highest BCUT2D eigenvalue weighted by molar-refractivity contribution is 7.15. The van der Waals surface area contributed by atoms with Gasteiger partial charge in [0.25, 0.3) is 0 Å². The summed E-state index contributed by atoms with van der Waals surface area (Å²) in [5.74, 6) is 0.525. The molecule has 3 aromatic rings. The number of thiazole rings is 1. The fourth-order valence-corrected chi connectivity index (χ4v) is 3.06. The fourth-order valence-electron chi connectivity index (χ4n) is 2.09. The van der Waals surface area contributed by atoms with Gasteiger partial charge in [-0.25, -0.2) is 9.97 Å². The van der Waals surface area contributed by atoms with Crippen LogP contribution in [0.1, 0.15) is 10.4 Å². The van der Waals surface area contributed by atoms with Crippen molar-refractivity contribution < 1.29 is 0 Å². The van der Waals surface area contributed by atoms with Crippen LogP contribution in [0.4, 0.5) is 5.82 Å². The van der Waals surface area contributed by atoms with Crippen molar-refractivity contribution in [2.24, 2.45) is 0 Å². The second kappa shape index (κ2) is 5.06. The van der Waals surface area contributed by atoms with Crippen LogP contribution in [0, 0.1) is 13.8 Å². The van der Waals surface area contributed by atoms with E-state index < -0.39 is 0 Å². The molecule has 0 bridgehead atoms. The summed E-state index contributed by atoms with van der Waals surface area (Å²) in [5, 5.41) is 0.920. The smallest absolute Gasteiger partial charge is 0.133 e. The van der Waals surface area contributed by atoms with Gasteiger partial charge in [-0.05, 0) is 26.0 Å². The molecule has 4 heteroatoms. The average molecular weight is 281 g/mol. The lowest BCUT2D eigenvalue weighted by Gasteiger charge is -2.00. The Labute approximate surface area is 122 Å². The molecule has 0 atom stereocenters. The van der Waals surface area contributed by atoms with Crippen LogP contribution in [0.15, 0.2) is 42.6 Å². The van der Waals surface area contributed by atoms with Crippen LogP contribution in [0.3, 0.4) is 0 Å². The lowest BCUT2D eigenvalue weighted by atomic mass is 10.1. The van der Waals surface area contributed by atoms with Crippen molar-refractivity contribution in [1.29, 1.82) is 0 Å². The first-order valence-corrected chi connectivity index (χ1v) is 7.22. The molecule has 0 aliphatic heterocycles. The molecule has 0 saturated carbocycles. The molecule has 0 spiro atoms. The summed E-state index contributed by atoms with van der Waals surface area (Å²) in [6.45, 7) is 4.17. The molecule has 0 amide bonds. The Morgan fingerprint density at radius 2 is 1.80 bits per heavy atom. The molecule has 20 heavy (non-hydrogen) atoms. The highest BCUT2D eigenvalue weighted by Gasteiger charge is 2.13. The number of nitrogens with zero attached hydrogens (tertiary/aromatic N) is 2. The van der Waals surface area contributed by atoms with Gasteiger partial charge in [-0.1, -0.05) is 29.8 Å². The zero-order valence-corrected chi connectivity index (χ0v) is 12.2. The van der Waals surface area contributed by atoms with Gasteiger partial charge in [0.15, 0.2) is 0 Å². The van der Waals surface area contributed by atoms with Gasteiger partial charge in [-0.15, -0.1) is 11.3 Å². The molecule has 2 heterocycles. The third kappa shape index (κ3) is 2.30. The molecule has 0 aliphatic rings. The van der Waals surface area contributed by atoms with Crippen LogP contribution >= 0.6 is 11.3 Å². The van der Waals surface area contributed by atoms with Gasteiger partial charge in [0.05, 0.1) is 11.3 Å². The number of hydrogen-bond donors (Lipinski definition) is 1. The average Bonchev–Trinajstić information content (AvgIpc) is 2.82. The lowest BCUT2D eigenvalue weighted by Crippen LogP contribution is -1.92. The summed E-state index contributed by atoms with van der Waals surface area (Å²) in [6, 6.07) is 12.3. The number of aromatic nitrogens is 2. The molecule has 2 aromatic heterocycles. The standard InChI is InChI=1S/C16H15N3S/c1-10-5-7-12(8-6-10)14-11(2)20-16(19-14)13-4-3-9-18-15(13)17/h3-9H,1-2H3,(H2,17,18). The van der Waals surface area contributed by atoms with E-state index in [0.29, 0.717) is 5.82 Å². The van der Waals surface area contributed by atoms with Crippen molar-refractivity contribution in [2.45, 2.75) is 13.8 Å².